The van der Waals surface area contributed by atoms with E-state index in [4.69, 9.17) is 9.47 Å². The molecule has 0 spiro atoms. The van der Waals surface area contributed by atoms with Crippen molar-refractivity contribution in [2.45, 2.75) is 13.8 Å². The Balaban J connectivity index is 1.66. The van der Waals surface area contributed by atoms with Gasteiger partial charge in [-0.05, 0) is 49.8 Å². The van der Waals surface area contributed by atoms with Crippen molar-refractivity contribution in [3.05, 3.63) is 64.0 Å². The molecule has 29 heavy (non-hydrogen) atoms. The Morgan fingerprint density at radius 3 is 2.69 bits per heavy atom. The molecule has 3 aromatic rings. The number of rotatable bonds is 8. The minimum Gasteiger partial charge on any atom is -0.490 e. The van der Waals surface area contributed by atoms with Gasteiger partial charge >= 0.3 is 0 Å². The quantitative estimate of drug-likeness (QED) is 0.407. The fourth-order valence-corrected chi connectivity index (χ4v) is 3.72. The molecular weight excluding hydrogens is 452 g/mol. The summed E-state index contributed by atoms with van der Waals surface area (Å²) in [5.41, 5.74) is 2.66. The summed E-state index contributed by atoms with van der Waals surface area (Å²) in [6, 6.07) is 13.5. The lowest BCUT2D eigenvalue weighted by molar-refractivity contribution is -0.111. The van der Waals surface area contributed by atoms with E-state index >= 15 is 0 Å². The Morgan fingerprint density at radius 2 is 1.93 bits per heavy atom. The zero-order valence-electron chi connectivity index (χ0n) is 16.1. The molecule has 2 aromatic carbocycles. The highest BCUT2D eigenvalue weighted by atomic mass is 79.9. The highest BCUT2D eigenvalue weighted by Crippen LogP contribution is 2.29. The molecule has 0 aliphatic rings. The number of amides is 1. The van der Waals surface area contributed by atoms with Gasteiger partial charge in [-0.3, -0.25) is 10.1 Å². The van der Waals surface area contributed by atoms with Crippen molar-refractivity contribution < 1.29 is 14.3 Å². The summed E-state index contributed by atoms with van der Waals surface area (Å²) >= 11 is 4.84. The first-order chi connectivity index (χ1) is 14.1. The lowest BCUT2D eigenvalue weighted by Crippen LogP contribution is -2.07. The van der Waals surface area contributed by atoms with Crippen LogP contribution in [0.3, 0.4) is 0 Å². The van der Waals surface area contributed by atoms with Gasteiger partial charge in [0.15, 0.2) is 16.6 Å². The summed E-state index contributed by atoms with van der Waals surface area (Å²) in [5.74, 6) is 1.11. The van der Waals surface area contributed by atoms with Crippen LogP contribution in [0.25, 0.3) is 17.3 Å². The summed E-state index contributed by atoms with van der Waals surface area (Å²) in [5, 5.41) is 5.27. The van der Waals surface area contributed by atoms with Crippen molar-refractivity contribution >= 4 is 44.4 Å². The number of anilines is 1. The van der Waals surface area contributed by atoms with E-state index in [1.54, 1.807) is 6.08 Å². The third kappa shape index (κ3) is 5.92. The van der Waals surface area contributed by atoms with E-state index in [0.29, 0.717) is 29.8 Å². The molecule has 1 heterocycles. The second kappa shape index (κ2) is 10.2. The molecular formula is C22H21BrN2O3S. The SMILES string of the molecule is CCOc1ccc(/C=C/C(=O)Nc2nc(-c3cccc(Br)c3)cs2)cc1OCC. The Labute approximate surface area is 182 Å². The van der Waals surface area contributed by atoms with Crippen LogP contribution in [0.15, 0.2) is 58.4 Å². The Bertz CT molecular complexity index is 1020. The van der Waals surface area contributed by atoms with Crippen molar-refractivity contribution in [1.82, 2.24) is 4.98 Å². The third-order valence-corrected chi connectivity index (χ3v) is 5.10. The van der Waals surface area contributed by atoms with Crippen LogP contribution in [0, 0.1) is 0 Å². The highest BCUT2D eigenvalue weighted by molar-refractivity contribution is 9.10. The van der Waals surface area contributed by atoms with E-state index in [0.717, 1.165) is 21.3 Å². The van der Waals surface area contributed by atoms with Crippen LogP contribution < -0.4 is 14.8 Å². The molecule has 0 aliphatic carbocycles. The van der Waals surface area contributed by atoms with Crippen molar-refractivity contribution in [2.24, 2.45) is 0 Å². The number of ether oxygens (including phenoxy) is 2. The van der Waals surface area contributed by atoms with Crippen molar-refractivity contribution in [3.63, 3.8) is 0 Å². The van der Waals surface area contributed by atoms with Gasteiger partial charge in [-0.1, -0.05) is 34.1 Å². The summed E-state index contributed by atoms with van der Waals surface area (Å²) in [6.07, 6.45) is 3.21. The van der Waals surface area contributed by atoms with Gasteiger partial charge in [0.2, 0.25) is 5.91 Å². The minimum absolute atomic E-state index is 0.244. The molecule has 1 amide bonds. The normalized spacial score (nSPS) is 10.9. The average Bonchev–Trinajstić information content (AvgIpc) is 3.17. The molecule has 7 heteroatoms. The number of aromatic nitrogens is 1. The predicted molar refractivity (Wildman–Crippen MR) is 122 cm³/mol. The predicted octanol–water partition coefficient (Wildman–Crippen LogP) is 6.02. The van der Waals surface area contributed by atoms with E-state index in [1.165, 1.54) is 17.4 Å². The molecule has 0 saturated carbocycles. The number of nitrogens with one attached hydrogen (secondary N) is 1. The van der Waals surface area contributed by atoms with Gasteiger partial charge in [-0.2, -0.15) is 0 Å². The molecule has 0 unspecified atom stereocenters. The minimum atomic E-state index is -0.244. The topological polar surface area (TPSA) is 60.5 Å². The second-order valence-electron chi connectivity index (χ2n) is 5.94. The molecule has 0 aliphatic heterocycles. The average molecular weight is 473 g/mol. The number of thiazole rings is 1. The maximum absolute atomic E-state index is 12.3. The lowest BCUT2D eigenvalue weighted by atomic mass is 10.2. The molecule has 0 bridgehead atoms. The number of nitrogens with zero attached hydrogens (tertiary/aromatic N) is 1. The number of carbonyl (C=O) groups excluding carboxylic acids is 1. The van der Waals surface area contributed by atoms with Crippen LogP contribution in [0.1, 0.15) is 19.4 Å². The first-order valence-corrected chi connectivity index (χ1v) is 10.9. The zero-order chi connectivity index (χ0) is 20.6. The summed E-state index contributed by atoms with van der Waals surface area (Å²) in [6.45, 7) is 4.95. The molecule has 1 N–H and O–H groups in total. The largest absolute Gasteiger partial charge is 0.490 e. The molecule has 1 aromatic heterocycles. The number of hydrogen-bond donors (Lipinski definition) is 1. The Morgan fingerprint density at radius 1 is 1.14 bits per heavy atom. The number of hydrogen-bond acceptors (Lipinski definition) is 5. The zero-order valence-corrected chi connectivity index (χ0v) is 18.5. The first-order valence-electron chi connectivity index (χ1n) is 9.19. The monoisotopic (exact) mass is 472 g/mol. The van der Waals surface area contributed by atoms with Gasteiger partial charge in [0.25, 0.3) is 0 Å². The smallest absolute Gasteiger partial charge is 0.250 e. The van der Waals surface area contributed by atoms with Crippen LogP contribution in [0.2, 0.25) is 0 Å². The molecule has 0 atom stereocenters. The maximum atomic E-state index is 12.3. The van der Waals surface area contributed by atoms with Gasteiger partial charge < -0.3 is 9.47 Å². The van der Waals surface area contributed by atoms with Crippen molar-refractivity contribution in [3.8, 4) is 22.8 Å². The molecule has 5 nitrogen and oxygen atoms in total. The third-order valence-electron chi connectivity index (χ3n) is 3.85. The van der Waals surface area contributed by atoms with Crippen molar-refractivity contribution in [1.29, 1.82) is 0 Å². The van der Waals surface area contributed by atoms with Crippen LogP contribution in [0.4, 0.5) is 5.13 Å². The summed E-state index contributed by atoms with van der Waals surface area (Å²) < 4.78 is 12.2. The number of carbonyl (C=O) groups is 1. The molecule has 0 radical (unpaired) electrons. The van der Waals surface area contributed by atoms with Gasteiger partial charge in [0.05, 0.1) is 18.9 Å². The van der Waals surface area contributed by atoms with Crippen LogP contribution >= 0.6 is 27.3 Å². The molecule has 0 saturated heterocycles. The summed E-state index contributed by atoms with van der Waals surface area (Å²) in [4.78, 5) is 16.8. The molecule has 0 fully saturated rings. The fraction of sp³-hybridized carbons (Fsp3) is 0.182. The van der Waals surface area contributed by atoms with Crippen LogP contribution in [-0.2, 0) is 4.79 Å². The first kappa shape index (κ1) is 21.1. The Hall–Kier alpha value is -2.64. The van der Waals surface area contributed by atoms with Crippen LogP contribution in [-0.4, -0.2) is 24.1 Å². The lowest BCUT2D eigenvalue weighted by Gasteiger charge is -2.11. The van der Waals surface area contributed by atoms with Gasteiger partial charge in [-0.15, -0.1) is 11.3 Å². The van der Waals surface area contributed by atoms with Gasteiger partial charge in [-0.25, -0.2) is 4.98 Å². The van der Waals surface area contributed by atoms with Gasteiger partial charge in [0, 0.05) is 21.5 Å². The molecule has 3 rings (SSSR count). The van der Waals surface area contributed by atoms with E-state index in [2.05, 4.69) is 26.2 Å². The van der Waals surface area contributed by atoms with Crippen molar-refractivity contribution in [2.75, 3.05) is 18.5 Å². The highest BCUT2D eigenvalue weighted by Gasteiger charge is 2.08. The van der Waals surface area contributed by atoms with E-state index < -0.39 is 0 Å². The van der Waals surface area contributed by atoms with E-state index in [-0.39, 0.29) is 5.91 Å². The Kier molecular flexibility index (Phi) is 7.43. The standard InChI is InChI=1S/C22H21BrN2O3S/c1-3-27-19-10-8-15(12-20(19)28-4-2)9-11-21(26)25-22-24-18(14-29-22)16-6-5-7-17(23)13-16/h5-14H,3-4H2,1-2H3,(H,24,25,26)/b11-9+. The second-order valence-corrected chi connectivity index (χ2v) is 7.72. The maximum Gasteiger partial charge on any atom is 0.250 e. The van der Waals surface area contributed by atoms with E-state index in [9.17, 15) is 4.79 Å². The number of halogens is 1. The van der Waals surface area contributed by atoms with Gasteiger partial charge in [0.1, 0.15) is 0 Å². The fourth-order valence-electron chi connectivity index (χ4n) is 2.60. The molecule has 150 valence electrons. The van der Waals surface area contributed by atoms with Crippen LogP contribution in [0.5, 0.6) is 11.5 Å². The number of benzene rings is 2. The summed E-state index contributed by atoms with van der Waals surface area (Å²) in [7, 11) is 0. The van der Waals surface area contributed by atoms with E-state index in [1.807, 2.05) is 61.7 Å².